The van der Waals surface area contributed by atoms with Crippen LogP contribution < -0.4 is 4.90 Å². The SMILES string of the molecule is CCOC(=O)c1nnn2c1CCc1c(CCN3CCN(c4cc(F)cc5nc(C)ccc45)C[C@H]3C)cccc1-2. The van der Waals surface area contributed by atoms with E-state index in [1.807, 2.05) is 19.1 Å². The molecule has 1 atom stereocenters. The van der Waals surface area contributed by atoms with Gasteiger partial charge in [-0.15, -0.1) is 5.10 Å². The number of fused-ring (bicyclic) bond motifs is 4. The number of pyridine rings is 1. The number of nitrogens with zero attached hydrogens (tertiary/aromatic N) is 6. The van der Waals surface area contributed by atoms with Crippen LogP contribution in [0.25, 0.3) is 16.6 Å². The third kappa shape index (κ3) is 4.76. The van der Waals surface area contributed by atoms with Crippen LogP contribution in [0.3, 0.4) is 0 Å². The Balaban J connectivity index is 1.16. The molecule has 9 heteroatoms. The van der Waals surface area contributed by atoms with Gasteiger partial charge in [-0.2, -0.15) is 0 Å². The zero-order valence-corrected chi connectivity index (χ0v) is 22.7. The summed E-state index contributed by atoms with van der Waals surface area (Å²) in [7, 11) is 0. The van der Waals surface area contributed by atoms with Crippen LogP contribution in [-0.2, 0) is 24.0 Å². The first-order chi connectivity index (χ1) is 18.9. The molecule has 2 aliphatic heterocycles. The minimum Gasteiger partial charge on any atom is -0.461 e. The van der Waals surface area contributed by atoms with Crippen LogP contribution >= 0.6 is 0 Å². The monoisotopic (exact) mass is 528 g/mol. The number of anilines is 1. The van der Waals surface area contributed by atoms with E-state index in [1.165, 1.54) is 17.2 Å². The largest absolute Gasteiger partial charge is 0.461 e. The summed E-state index contributed by atoms with van der Waals surface area (Å²) < 4.78 is 21.4. The maximum Gasteiger partial charge on any atom is 0.360 e. The lowest BCUT2D eigenvalue weighted by atomic mass is 9.94. The van der Waals surface area contributed by atoms with Gasteiger partial charge < -0.3 is 9.64 Å². The molecule has 8 nitrogen and oxygen atoms in total. The molecular weight excluding hydrogens is 495 g/mol. The molecule has 2 aliphatic rings. The van der Waals surface area contributed by atoms with Crippen molar-refractivity contribution in [3.8, 4) is 5.69 Å². The molecule has 0 N–H and O–H groups in total. The zero-order valence-electron chi connectivity index (χ0n) is 22.7. The second-order valence-electron chi connectivity index (χ2n) is 10.5. The number of ether oxygens (including phenoxy) is 1. The number of esters is 1. The summed E-state index contributed by atoms with van der Waals surface area (Å²) in [5, 5.41) is 9.42. The van der Waals surface area contributed by atoms with Crippen molar-refractivity contribution in [2.45, 2.75) is 46.1 Å². The number of aromatic nitrogens is 4. The maximum atomic E-state index is 14.5. The fourth-order valence-corrected chi connectivity index (χ4v) is 6.02. The number of halogens is 1. The number of hydrogen-bond donors (Lipinski definition) is 0. The summed E-state index contributed by atoms with van der Waals surface area (Å²) in [4.78, 5) is 21.7. The summed E-state index contributed by atoms with van der Waals surface area (Å²) >= 11 is 0. The Bertz CT molecular complexity index is 1540. The van der Waals surface area contributed by atoms with Crippen molar-refractivity contribution in [3.05, 3.63) is 76.5 Å². The molecule has 0 unspecified atom stereocenters. The maximum absolute atomic E-state index is 14.5. The van der Waals surface area contributed by atoms with Gasteiger partial charge in [0.05, 0.1) is 23.5 Å². The highest BCUT2D eigenvalue weighted by molar-refractivity contribution is 5.92. The van der Waals surface area contributed by atoms with Gasteiger partial charge in [-0.1, -0.05) is 17.3 Å². The van der Waals surface area contributed by atoms with Gasteiger partial charge in [0.1, 0.15) is 5.82 Å². The first-order valence-electron chi connectivity index (χ1n) is 13.7. The lowest BCUT2D eigenvalue weighted by Gasteiger charge is -2.41. The second kappa shape index (κ2) is 10.4. The lowest BCUT2D eigenvalue weighted by Crippen LogP contribution is -2.52. The molecule has 2 aromatic heterocycles. The number of rotatable bonds is 6. The van der Waals surface area contributed by atoms with Crippen LogP contribution in [0.15, 0.2) is 42.5 Å². The average Bonchev–Trinajstić information content (AvgIpc) is 3.37. The first-order valence-corrected chi connectivity index (χ1v) is 13.7. The van der Waals surface area contributed by atoms with Crippen LogP contribution in [0.1, 0.15) is 46.9 Å². The van der Waals surface area contributed by atoms with E-state index < -0.39 is 5.97 Å². The number of carbonyl (C=O) groups is 1. The topological polar surface area (TPSA) is 76.4 Å². The molecule has 0 amide bonds. The number of benzene rings is 2. The van der Waals surface area contributed by atoms with Gasteiger partial charge in [0.25, 0.3) is 0 Å². The summed E-state index contributed by atoms with van der Waals surface area (Å²) in [5.41, 5.74) is 7.22. The highest BCUT2D eigenvalue weighted by Crippen LogP contribution is 2.31. The lowest BCUT2D eigenvalue weighted by molar-refractivity contribution is 0.0518. The molecular formula is C30H33FN6O2. The third-order valence-electron chi connectivity index (χ3n) is 7.98. The molecule has 6 rings (SSSR count). The van der Waals surface area contributed by atoms with E-state index in [-0.39, 0.29) is 5.82 Å². The predicted molar refractivity (Wildman–Crippen MR) is 148 cm³/mol. The van der Waals surface area contributed by atoms with E-state index in [2.05, 4.69) is 50.2 Å². The Kier molecular flexibility index (Phi) is 6.76. The molecule has 202 valence electrons. The van der Waals surface area contributed by atoms with E-state index >= 15 is 0 Å². The van der Waals surface area contributed by atoms with E-state index in [1.54, 1.807) is 17.7 Å². The number of carbonyl (C=O) groups excluding carboxylic acids is 1. The number of hydrogen-bond acceptors (Lipinski definition) is 7. The van der Waals surface area contributed by atoms with E-state index in [0.29, 0.717) is 30.3 Å². The van der Waals surface area contributed by atoms with Crippen LogP contribution in [0.2, 0.25) is 0 Å². The smallest absolute Gasteiger partial charge is 0.360 e. The molecule has 4 aromatic rings. The summed E-state index contributed by atoms with van der Waals surface area (Å²) in [6, 6.07) is 13.8. The Labute approximate surface area is 227 Å². The minimum absolute atomic E-state index is 0.246. The molecule has 39 heavy (non-hydrogen) atoms. The number of piperazine rings is 1. The van der Waals surface area contributed by atoms with E-state index in [9.17, 15) is 9.18 Å². The predicted octanol–water partition coefficient (Wildman–Crippen LogP) is 4.29. The first kappa shape index (κ1) is 25.4. The number of aryl methyl sites for hydroxylation is 1. The molecule has 0 aliphatic carbocycles. The molecule has 4 heterocycles. The fraction of sp³-hybridized carbons (Fsp3) is 0.400. The molecule has 0 radical (unpaired) electrons. The summed E-state index contributed by atoms with van der Waals surface area (Å²) in [5.74, 6) is -0.659. The molecule has 0 bridgehead atoms. The Morgan fingerprint density at radius 1 is 1.13 bits per heavy atom. The van der Waals surface area contributed by atoms with E-state index in [4.69, 9.17) is 4.74 Å². The Morgan fingerprint density at radius 2 is 2.00 bits per heavy atom. The van der Waals surface area contributed by atoms with Gasteiger partial charge in [0.15, 0.2) is 5.69 Å². The van der Waals surface area contributed by atoms with Crippen molar-refractivity contribution < 1.29 is 13.9 Å². The molecule has 1 fully saturated rings. The van der Waals surface area contributed by atoms with Gasteiger partial charge in [0.2, 0.25) is 0 Å². The fourth-order valence-electron chi connectivity index (χ4n) is 6.02. The standard InChI is InChI=1S/C30H33FN6O2/c1-4-39-30(38)29-27-11-10-23-21(6-5-7-26(23)37(27)34-33-29)12-13-35-14-15-36(18-20(35)3)28-17-22(31)16-25-24(28)9-8-19(2)32-25/h5-9,16-17,20H,4,10-15,18H2,1-3H3/t20-/m1/s1. The minimum atomic E-state index is -0.413. The highest BCUT2D eigenvalue weighted by Gasteiger charge is 2.28. The van der Waals surface area contributed by atoms with Crippen LogP contribution in [0.4, 0.5) is 10.1 Å². The average molecular weight is 529 g/mol. The molecule has 2 aromatic carbocycles. The van der Waals surface area contributed by atoms with Crippen molar-refractivity contribution in [2.75, 3.05) is 37.7 Å². The van der Waals surface area contributed by atoms with Crippen LogP contribution in [0.5, 0.6) is 0 Å². The van der Waals surface area contributed by atoms with Crippen molar-refractivity contribution in [2.24, 2.45) is 0 Å². The Morgan fingerprint density at radius 3 is 2.82 bits per heavy atom. The zero-order chi connectivity index (χ0) is 27.1. The quantitative estimate of drug-likeness (QED) is 0.346. The summed E-state index contributed by atoms with van der Waals surface area (Å²) in [6.45, 7) is 9.79. The van der Waals surface area contributed by atoms with E-state index in [0.717, 1.165) is 67.2 Å². The van der Waals surface area contributed by atoms with Crippen molar-refractivity contribution in [1.29, 1.82) is 0 Å². The van der Waals surface area contributed by atoms with Crippen molar-refractivity contribution in [1.82, 2.24) is 24.9 Å². The van der Waals surface area contributed by atoms with Crippen LogP contribution in [0, 0.1) is 12.7 Å². The normalized spacial score (nSPS) is 17.2. The van der Waals surface area contributed by atoms with Crippen molar-refractivity contribution >= 4 is 22.6 Å². The van der Waals surface area contributed by atoms with Gasteiger partial charge >= 0.3 is 5.97 Å². The molecule has 0 saturated carbocycles. The second-order valence-corrected chi connectivity index (χ2v) is 10.5. The van der Waals surface area contributed by atoms with Gasteiger partial charge in [-0.25, -0.2) is 13.9 Å². The van der Waals surface area contributed by atoms with Crippen molar-refractivity contribution in [3.63, 3.8) is 0 Å². The Hall–Kier alpha value is -3.85. The van der Waals surface area contributed by atoms with Gasteiger partial charge in [0, 0.05) is 55.1 Å². The van der Waals surface area contributed by atoms with Gasteiger partial charge in [-0.05, 0) is 75.4 Å². The summed E-state index contributed by atoms with van der Waals surface area (Å²) in [6.07, 6.45) is 2.47. The third-order valence-corrected chi connectivity index (χ3v) is 7.98. The van der Waals surface area contributed by atoms with Crippen LogP contribution in [-0.4, -0.2) is 69.7 Å². The highest BCUT2D eigenvalue weighted by atomic mass is 19.1. The van der Waals surface area contributed by atoms with Gasteiger partial charge in [-0.3, -0.25) is 9.88 Å². The molecule has 1 saturated heterocycles. The molecule has 0 spiro atoms.